The zero-order valence-corrected chi connectivity index (χ0v) is 14.4. The lowest BCUT2D eigenvalue weighted by Crippen LogP contribution is -2.41. The van der Waals surface area contributed by atoms with Crippen LogP contribution in [-0.2, 0) is 4.79 Å². The molecule has 2 N–H and O–H groups in total. The van der Waals surface area contributed by atoms with Gasteiger partial charge in [-0.1, -0.05) is 74.5 Å². The summed E-state index contributed by atoms with van der Waals surface area (Å²) in [6, 6.07) is 20.5. The summed E-state index contributed by atoms with van der Waals surface area (Å²) >= 11 is 0. The number of rotatable bonds is 7. The molecule has 2 aromatic rings. The standard InChI is InChI=1S/C21H26N2O/c1-15(2)19(16-9-5-3-6-10-16)23-20(17-11-7-4-8-12-17)21(24)22-18-13-14-18/h3-12,15,18-20,23H,13-14H2,1-2H3,(H,22,24). The molecule has 0 radical (unpaired) electrons. The zero-order chi connectivity index (χ0) is 16.9. The lowest BCUT2D eigenvalue weighted by atomic mass is 9.93. The molecular weight excluding hydrogens is 296 g/mol. The van der Waals surface area contributed by atoms with Crippen molar-refractivity contribution >= 4 is 5.91 Å². The number of amides is 1. The largest absolute Gasteiger partial charge is 0.352 e. The normalized spacial score (nSPS) is 16.6. The van der Waals surface area contributed by atoms with Gasteiger partial charge in [-0.15, -0.1) is 0 Å². The maximum absolute atomic E-state index is 12.8. The molecule has 0 heterocycles. The molecule has 3 nitrogen and oxygen atoms in total. The van der Waals surface area contributed by atoms with Gasteiger partial charge in [-0.05, 0) is 29.9 Å². The molecule has 3 rings (SSSR count). The van der Waals surface area contributed by atoms with Crippen molar-refractivity contribution in [2.45, 2.75) is 44.8 Å². The number of hydrogen-bond acceptors (Lipinski definition) is 2. The number of nitrogens with one attached hydrogen (secondary N) is 2. The number of carbonyl (C=O) groups excluding carboxylic acids is 1. The van der Waals surface area contributed by atoms with Gasteiger partial charge < -0.3 is 5.32 Å². The lowest BCUT2D eigenvalue weighted by Gasteiger charge is -2.28. The predicted octanol–water partition coefficient (Wildman–Crippen LogP) is 3.99. The Bertz CT molecular complexity index is 650. The third-order valence-electron chi connectivity index (χ3n) is 4.49. The minimum absolute atomic E-state index is 0.0743. The summed E-state index contributed by atoms with van der Waals surface area (Å²) in [4.78, 5) is 12.8. The van der Waals surface area contributed by atoms with Crippen molar-refractivity contribution in [1.82, 2.24) is 10.6 Å². The molecule has 1 saturated carbocycles. The Morgan fingerprint density at radius 1 is 0.917 bits per heavy atom. The summed E-state index contributed by atoms with van der Waals surface area (Å²) < 4.78 is 0. The van der Waals surface area contributed by atoms with Crippen LogP contribution in [-0.4, -0.2) is 11.9 Å². The maximum atomic E-state index is 12.8. The predicted molar refractivity (Wildman–Crippen MR) is 97.5 cm³/mol. The number of hydrogen-bond donors (Lipinski definition) is 2. The average Bonchev–Trinajstić information content (AvgIpc) is 3.41. The Hall–Kier alpha value is -2.13. The van der Waals surface area contributed by atoms with E-state index in [4.69, 9.17) is 0 Å². The van der Waals surface area contributed by atoms with Gasteiger partial charge in [0.2, 0.25) is 5.91 Å². The molecule has 126 valence electrons. The maximum Gasteiger partial charge on any atom is 0.241 e. The van der Waals surface area contributed by atoms with E-state index in [9.17, 15) is 4.79 Å². The van der Waals surface area contributed by atoms with Crippen LogP contribution in [0.25, 0.3) is 0 Å². The molecule has 1 aliphatic rings. The highest BCUT2D eigenvalue weighted by Gasteiger charge is 2.30. The van der Waals surface area contributed by atoms with E-state index in [1.165, 1.54) is 5.56 Å². The molecule has 0 bridgehead atoms. The van der Waals surface area contributed by atoms with Gasteiger partial charge in [-0.25, -0.2) is 0 Å². The Kier molecular flexibility index (Phi) is 5.31. The molecule has 2 atom stereocenters. The van der Waals surface area contributed by atoms with Crippen LogP contribution in [0.15, 0.2) is 60.7 Å². The highest BCUT2D eigenvalue weighted by Crippen LogP contribution is 2.27. The summed E-state index contributed by atoms with van der Waals surface area (Å²) in [6.07, 6.45) is 2.19. The zero-order valence-electron chi connectivity index (χ0n) is 14.4. The molecule has 2 aromatic carbocycles. The van der Waals surface area contributed by atoms with Crippen LogP contribution in [0.4, 0.5) is 0 Å². The minimum Gasteiger partial charge on any atom is -0.352 e. The highest BCUT2D eigenvalue weighted by molar-refractivity contribution is 5.83. The molecule has 0 aromatic heterocycles. The van der Waals surface area contributed by atoms with E-state index in [2.05, 4.69) is 36.6 Å². The summed E-state index contributed by atoms with van der Waals surface area (Å²) in [5, 5.41) is 6.75. The van der Waals surface area contributed by atoms with E-state index in [1.807, 2.05) is 48.5 Å². The van der Waals surface area contributed by atoms with Crippen LogP contribution < -0.4 is 10.6 Å². The van der Waals surface area contributed by atoms with Gasteiger partial charge in [-0.3, -0.25) is 10.1 Å². The van der Waals surface area contributed by atoms with Crippen molar-refractivity contribution in [2.24, 2.45) is 5.92 Å². The quantitative estimate of drug-likeness (QED) is 0.809. The molecule has 1 aliphatic carbocycles. The van der Waals surface area contributed by atoms with Gasteiger partial charge in [0, 0.05) is 12.1 Å². The van der Waals surface area contributed by atoms with Gasteiger partial charge in [-0.2, -0.15) is 0 Å². The van der Waals surface area contributed by atoms with Crippen LogP contribution in [0.3, 0.4) is 0 Å². The van der Waals surface area contributed by atoms with E-state index in [0.29, 0.717) is 12.0 Å². The first-order valence-corrected chi connectivity index (χ1v) is 8.81. The molecular formula is C21H26N2O. The van der Waals surface area contributed by atoms with E-state index in [-0.39, 0.29) is 18.0 Å². The van der Waals surface area contributed by atoms with Crippen LogP contribution in [0.1, 0.15) is 49.9 Å². The van der Waals surface area contributed by atoms with Gasteiger partial charge >= 0.3 is 0 Å². The molecule has 1 amide bonds. The monoisotopic (exact) mass is 322 g/mol. The van der Waals surface area contributed by atoms with Crippen molar-refractivity contribution in [1.29, 1.82) is 0 Å². The van der Waals surface area contributed by atoms with Crippen molar-refractivity contribution < 1.29 is 4.79 Å². The Morgan fingerprint density at radius 3 is 1.96 bits per heavy atom. The van der Waals surface area contributed by atoms with E-state index >= 15 is 0 Å². The second kappa shape index (κ2) is 7.63. The molecule has 3 heteroatoms. The van der Waals surface area contributed by atoms with Crippen LogP contribution >= 0.6 is 0 Å². The first-order chi connectivity index (χ1) is 11.6. The second-order valence-electron chi connectivity index (χ2n) is 6.93. The van der Waals surface area contributed by atoms with Gasteiger partial charge in [0.25, 0.3) is 0 Å². The van der Waals surface area contributed by atoms with Crippen LogP contribution in [0.5, 0.6) is 0 Å². The van der Waals surface area contributed by atoms with Gasteiger partial charge in [0.1, 0.15) is 6.04 Å². The van der Waals surface area contributed by atoms with Crippen molar-refractivity contribution in [2.75, 3.05) is 0 Å². The Balaban J connectivity index is 1.85. The topological polar surface area (TPSA) is 41.1 Å². The van der Waals surface area contributed by atoms with Crippen molar-refractivity contribution in [3.8, 4) is 0 Å². The Labute approximate surface area is 144 Å². The number of benzene rings is 2. The highest BCUT2D eigenvalue weighted by atomic mass is 16.2. The molecule has 0 aliphatic heterocycles. The van der Waals surface area contributed by atoms with Crippen LogP contribution in [0.2, 0.25) is 0 Å². The third kappa shape index (κ3) is 4.24. The van der Waals surface area contributed by atoms with E-state index in [0.717, 1.165) is 18.4 Å². The minimum atomic E-state index is -0.334. The first-order valence-electron chi connectivity index (χ1n) is 8.81. The van der Waals surface area contributed by atoms with E-state index < -0.39 is 0 Å². The third-order valence-corrected chi connectivity index (χ3v) is 4.49. The van der Waals surface area contributed by atoms with Gasteiger partial charge in [0.15, 0.2) is 0 Å². The fourth-order valence-corrected chi connectivity index (χ4v) is 2.99. The fraction of sp³-hybridized carbons (Fsp3) is 0.381. The Morgan fingerprint density at radius 2 is 1.46 bits per heavy atom. The molecule has 1 fully saturated rings. The summed E-state index contributed by atoms with van der Waals surface area (Å²) in [6.45, 7) is 4.37. The summed E-state index contributed by atoms with van der Waals surface area (Å²) in [5.41, 5.74) is 2.23. The van der Waals surface area contributed by atoms with Crippen molar-refractivity contribution in [3.05, 3.63) is 71.8 Å². The molecule has 0 saturated heterocycles. The number of carbonyl (C=O) groups is 1. The van der Waals surface area contributed by atoms with Gasteiger partial charge in [0.05, 0.1) is 0 Å². The SMILES string of the molecule is CC(C)C(NC(C(=O)NC1CC1)c1ccccc1)c1ccccc1. The second-order valence-corrected chi connectivity index (χ2v) is 6.93. The molecule has 2 unspecified atom stereocenters. The fourth-order valence-electron chi connectivity index (χ4n) is 2.99. The molecule has 24 heavy (non-hydrogen) atoms. The van der Waals surface area contributed by atoms with Crippen LogP contribution in [0, 0.1) is 5.92 Å². The lowest BCUT2D eigenvalue weighted by molar-refractivity contribution is -0.123. The molecule has 0 spiro atoms. The summed E-state index contributed by atoms with van der Waals surface area (Å²) in [5.74, 6) is 0.456. The smallest absolute Gasteiger partial charge is 0.241 e. The average molecular weight is 322 g/mol. The van der Waals surface area contributed by atoms with E-state index in [1.54, 1.807) is 0 Å². The van der Waals surface area contributed by atoms with Crippen molar-refractivity contribution in [3.63, 3.8) is 0 Å². The first kappa shape index (κ1) is 16.7. The summed E-state index contributed by atoms with van der Waals surface area (Å²) in [7, 11) is 0.